The Morgan fingerprint density at radius 2 is 1.73 bits per heavy atom. The number of nitrogens with one attached hydrogen (secondary N) is 1. The van der Waals surface area contributed by atoms with Gasteiger partial charge in [-0.25, -0.2) is 9.50 Å². The van der Waals surface area contributed by atoms with Gasteiger partial charge in [-0.15, -0.1) is 0 Å². The third-order valence-electron chi connectivity index (χ3n) is 6.23. The van der Waals surface area contributed by atoms with Crippen LogP contribution in [0.3, 0.4) is 0 Å². The first-order chi connectivity index (χ1) is 17.6. The molecule has 0 saturated heterocycles. The number of esters is 1. The summed E-state index contributed by atoms with van der Waals surface area (Å²) in [6.07, 6.45) is -1.02. The van der Waals surface area contributed by atoms with E-state index >= 15 is 0 Å². The topological polar surface area (TPSA) is 85.6 Å². The van der Waals surface area contributed by atoms with Gasteiger partial charge >= 0.3 is 12.1 Å². The van der Waals surface area contributed by atoms with Crippen LogP contribution in [-0.2, 0) is 32.3 Å². The number of nitrogens with zero attached hydrogens (tertiary/aromatic N) is 3. The normalized spacial score (nSPS) is 13.2. The molecule has 4 rings (SSSR count). The lowest BCUT2D eigenvalue weighted by atomic mass is 9.79. The van der Waals surface area contributed by atoms with Crippen LogP contribution < -0.4 is 5.32 Å². The quantitative estimate of drug-likeness (QED) is 0.351. The average molecular weight is 511 g/mol. The van der Waals surface area contributed by atoms with E-state index in [1.54, 1.807) is 19.2 Å². The Morgan fingerprint density at radius 3 is 2.38 bits per heavy atom. The highest BCUT2D eigenvalue weighted by molar-refractivity contribution is 5.88. The zero-order valence-corrected chi connectivity index (χ0v) is 20.2. The number of ether oxygens (including phenoxy) is 1. The molecule has 37 heavy (non-hydrogen) atoms. The number of fused-ring (bicyclic) bond motifs is 1. The first kappa shape index (κ1) is 25.9. The lowest BCUT2D eigenvalue weighted by Crippen LogP contribution is -2.45. The molecular weight excluding hydrogens is 485 g/mol. The van der Waals surface area contributed by atoms with Gasteiger partial charge in [-0.3, -0.25) is 9.59 Å². The molecule has 0 aliphatic carbocycles. The Bertz CT molecular complexity index is 1400. The number of carbonyl (C=O) groups is 2. The molecule has 0 bridgehead atoms. The highest BCUT2D eigenvalue weighted by Crippen LogP contribution is 2.34. The largest absolute Gasteiger partial charge is 0.469 e. The number of hydrogen-bond donors (Lipinski definition) is 1. The van der Waals surface area contributed by atoms with Crippen LogP contribution in [-0.4, -0.2) is 40.1 Å². The lowest BCUT2D eigenvalue weighted by molar-refractivity contribution is -0.140. The zero-order valence-electron chi connectivity index (χ0n) is 20.2. The fraction of sp³-hybridized carbons (Fsp3) is 0.259. The van der Waals surface area contributed by atoms with Gasteiger partial charge in [-0.05, 0) is 42.7 Å². The van der Waals surface area contributed by atoms with Crippen molar-refractivity contribution in [2.75, 3.05) is 13.7 Å². The molecule has 0 spiro atoms. The van der Waals surface area contributed by atoms with Gasteiger partial charge in [0.15, 0.2) is 5.65 Å². The molecular formula is C27H25F3N4O3. The van der Waals surface area contributed by atoms with Crippen molar-refractivity contribution in [2.45, 2.75) is 31.4 Å². The molecule has 1 atom stereocenters. The van der Waals surface area contributed by atoms with E-state index in [2.05, 4.69) is 20.1 Å². The second-order valence-corrected chi connectivity index (χ2v) is 8.78. The van der Waals surface area contributed by atoms with E-state index < -0.39 is 23.1 Å². The van der Waals surface area contributed by atoms with E-state index in [1.165, 1.54) is 30.0 Å². The molecule has 0 aliphatic heterocycles. The summed E-state index contributed by atoms with van der Waals surface area (Å²) in [5.41, 5.74) is 1.02. The predicted molar refractivity (Wildman–Crippen MR) is 131 cm³/mol. The maximum absolute atomic E-state index is 13.6. The van der Waals surface area contributed by atoms with E-state index in [4.69, 9.17) is 0 Å². The first-order valence-corrected chi connectivity index (χ1v) is 11.5. The Labute approximate surface area is 211 Å². The van der Waals surface area contributed by atoms with E-state index in [9.17, 15) is 22.8 Å². The monoisotopic (exact) mass is 510 g/mol. The van der Waals surface area contributed by atoms with Crippen LogP contribution in [0, 0.1) is 0 Å². The number of hydrogen-bond acceptors (Lipinski definition) is 5. The van der Waals surface area contributed by atoms with Crippen molar-refractivity contribution in [3.63, 3.8) is 0 Å². The number of benzene rings is 2. The molecule has 1 amide bonds. The molecule has 192 valence electrons. The number of aromatic nitrogens is 3. The van der Waals surface area contributed by atoms with Crippen LogP contribution in [0.15, 0.2) is 73.1 Å². The van der Waals surface area contributed by atoms with E-state index in [-0.39, 0.29) is 18.9 Å². The van der Waals surface area contributed by atoms with Crippen LogP contribution in [0.1, 0.15) is 30.2 Å². The molecule has 4 aromatic rings. The van der Waals surface area contributed by atoms with Crippen molar-refractivity contribution < 1.29 is 27.5 Å². The standard InChI is InChI=1S/C27H25F3N4O3/c1-26(16-18-6-4-3-5-7-18,25(36)32-15-13-23(35)37-2)22-12-14-31-24-21(17-33-34(22)24)19-8-10-20(11-9-19)27(28,29)30/h3-12,14,17H,13,15-16H2,1-2H3,(H,32,36). The van der Waals surface area contributed by atoms with Crippen molar-refractivity contribution in [3.05, 3.63) is 89.9 Å². The van der Waals surface area contributed by atoms with E-state index in [0.29, 0.717) is 28.9 Å². The molecule has 0 aliphatic rings. The van der Waals surface area contributed by atoms with Crippen LogP contribution in [0.4, 0.5) is 13.2 Å². The van der Waals surface area contributed by atoms with Gasteiger partial charge in [-0.2, -0.15) is 18.3 Å². The Morgan fingerprint density at radius 1 is 1.03 bits per heavy atom. The fourth-order valence-electron chi connectivity index (χ4n) is 4.22. The number of rotatable bonds is 8. The molecule has 0 fully saturated rings. The summed E-state index contributed by atoms with van der Waals surface area (Å²) < 4.78 is 45.2. The minimum atomic E-state index is -4.44. The van der Waals surface area contributed by atoms with Gasteiger partial charge in [0.1, 0.15) is 0 Å². The smallest absolute Gasteiger partial charge is 0.416 e. The van der Waals surface area contributed by atoms with Crippen molar-refractivity contribution in [2.24, 2.45) is 0 Å². The Balaban J connectivity index is 1.75. The van der Waals surface area contributed by atoms with Gasteiger partial charge < -0.3 is 10.1 Å². The zero-order chi connectivity index (χ0) is 26.6. The number of methoxy groups -OCH3 is 1. The molecule has 1 unspecified atom stereocenters. The van der Waals surface area contributed by atoms with Gasteiger partial charge in [0.25, 0.3) is 0 Å². The minimum Gasteiger partial charge on any atom is -0.469 e. The molecule has 2 aromatic heterocycles. The molecule has 2 heterocycles. The van der Waals surface area contributed by atoms with Crippen molar-refractivity contribution >= 4 is 17.5 Å². The van der Waals surface area contributed by atoms with Gasteiger partial charge in [0.05, 0.1) is 36.4 Å². The van der Waals surface area contributed by atoms with E-state index in [0.717, 1.165) is 17.7 Å². The Hall–Kier alpha value is -4.21. The molecule has 7 nitrogen and oxygen atoms in total. The van der Waals surface area contributed by atoms with E-state index in [1.807, 2.05) is 30.3 Å². The second kappa shape index (κ2) is 10.4. The first-order valence-electron chi connectivity index (χ1n) is 11.5. The summed E-state index contributed by atoms with van der Waals surface area (Å²) in [5.74, 6) is -0.760. The van der Waals surface area contributed by atoms with Crippen LogP contribution in [0.2, 0.25) is 0 Å². The van der Waals surface area contributed by atoms with Gasteiger partial charge in [-0.1, -0.05) is 42.5 Å². The molecule has 0 saturated carbocycles. The number of alkyl halides is 3. The van der Waals surface area contributed by atoms with Crippen molar-refractivity contribution in [1.29, 1.82) is 0 Å². The second-order valence-electron chi connectivity index (χ2n) is 8.78. The summed E-state index contributed by atoms with van der Waals surface area (Å²) in [5, 5.41) is 7.28. The predicted octanol–water partition coefficient (Wildman–Crippen LogP) is 4.59. The van der Waals surface area contributed by atoms with Crippen LogP contribution in [0.25, 0.3) is 16.8 Å². The number of amides is 1. The molecule has 0 radical (unpaired) electrons. The van der Waals surface area contributed by atoms with Crippen molar-refractivity contribution in [1.82, 2.24) is 19.9 Å². The van der Waals surface area contributed by atoms with Crippen LogP contribution >= 0.6 is 0 Å². The fourth-order valence-corrected chi connectivity index (χ4v) is 4.22. The van der Waals surface area contributed by atoms with Crippen LogP contribution in [0.5, 0.6) is 0 Å². The van der Waals surface area contributed by atoms with Crippen molar-refractivity contribution in [3.8, 4) is 11.1 Å². The van der Waals surface area contributed by atoms with Gasteiger partial charge in [0.2, 0.25) is 5.91 Å². The Kier molecular flexibility index (Phi) is 7.28. The number of halogens is 3. The third-order valence-corrected chi connectivity index (χ3v) is 6.23. The summed E-state index contributed by atoms with van der Waals surface area (Å²) in [6.45, 7) is 1.88. The average Bonchev–Trinajstić information content (AvgIpc) is 3.33. The summed E-state index contributed by atoms with van der Waals surface area (Å²) in [4.78, 5) is 29.5. The SMILES string of the molecule is COC(=O)CCNC(=O)C(C)(Cc1ccccc1)c1ccnc2c(-c3ccc(C(F)(F)F)cc3)cnn12. The lowest BCUT2D eigenvalue weighted by Gasteiger charge is -2.29. The number of carbonyl (C=O) groups excluding carboxylic acids is 2. The molecule has 2 aromatic carbocycles. The van der Waals surface area contributed by atoms with Gasteiger partial charge in [0, 0.05) is 18.3 Å². The minimum absolute atomic E-state index is 0.0231. The molecule has 1 N–H and O–H groups in total. The highest BCUT2D eigenvalue weighted by Gasteiger charge is 2.38. The third kappa shape index (κ3) is 5.47. The highest BCUT2D eigenvalue weighted by atomic mass is 19.4. The molecule has 10 heteroatoms. The summed E-state index contributed by atoms with van der Waals surface area (Å²) >= 11 is 0. The maximum atomic E-state index is 13.6. The summed E-state index contributed by atoms with van der Waals surface area (Å²) in [6, 6.07) is 15.9. The summed E-state index contributed by atoms with van der Waals surface area (Å²) in [7, 11) is 1.28. The maximum Gasteiger partial charge on any atom is 0.416 e.